The Balaban J connectivity index is 2.25. The second-order valence-corrected chi connectivity index (χ2v) is 5.78. The lowest BCUT2D eigenvalue weighted by Crippen LogP contribution is -2.13. The number of nitrogens with one attached hydrogen (secondary N) is 1. The highest BCUT2D eigenvalue weighted by molar-refractivity contribution is 6.09. The lowest BCUT2D eigenvalue weighted by atomic mass is 10.0. The summed E-state index contributed by atoms with van der Waals surface area (Å²) < 4.78 is 5.60. The zero-order valence-corrected chi connectivity index (χ0v) is 15.1. The Morgan fingerprint density at radius 3 is 2.62 bits per heavy atom. The normalized spacial score (nSPS) is 10.7. The van der Waals surface area contributed by atoms with E-state index in [1.165, 1.54) is 0 Å². The van der Waals surface area contributed by atoms with E-state index >= 15 is 0 Å². The van der Waals surface area contributed by atoms with E-state index in [2.05, 4.69) is 11.9 Å². The van der Waals surface area contributed by atoms with Crippen molar-refractivity contribution >= 4 is 17.7 Å². The first-order valence-corrected chi connectivity index (χ1v) is 8.43. The van der Waals surface area contributed by atoms with Crippen molar-refractivity contribution in [1.82, 2.24) is 0 Å². The van der Waals surface area contributed by atoms with Gasteiger partial charge in [0.25, 0.3) is 5.91 Å². The number of nitriles is 1. The van der Waals surface area contributed by atoms with Crippen LogP contribution in [0.25, 0.3) is 6.08 Å². The summed E-state index contributed by atoms with van der Waals surface area (Å²) in [5.74, 6) is 0.350. The molecule has 0 spiro atoms. The third-order valence-electron chi connectivity index (χ3n) is 3.73. The maximum absolute atomic E-state index is 12.4. The van der Waals surface area contributed by atoms with Crippen LogP contribution in [-0.4, -0.2) is 12.5 Å². The van der Waals surface area contributed by atoms with Crippen LogP contribution in [0.3, 0.4) is 0 Å². The third-order valence-corrected chi connectivity index (χ3v) is 3.73. The number of ether oxygens (including phenoxy) is 1. The topological polar surface area (TPSA) is 62.1 Å². The zero-order valence-electron chi connectivity index (χ0n) is 15.1. The van der Waals surface area contributed by atoms with Crippen LogP contribution in [0.2, 0.25) is 0 Å². The lowest BCUT2D eigenvalue weighted by molar-refractivity contribution is -0.112. The molecular weight excluding hydrogens is 324 g/mol. The number of rotatable bonds is 7. The number of benzene rings is 2. The van der Waals surface area contributed by atoms with Crippen molar-refractivity contribution in [3.8, 4) is 11.8 Å². The van der Waals surface area contributed by atoms with Gasteiger partial charge in [0.15, 0.2) is 0 Å². The predicted molar refractivity (Wildman–Crippen MR) is 105 cm³/mol. The first-order chi connectivity index (χ1) is 12.6. The van der Waals surface area contributed by atoms with Crippen LogP contribution in [0.5, 0.6) is 5.75 Å². The molecule has 0 atom stereocenters. The fourth-order valence-electron chi connectivity index (χ4n) is 2.45. The number of nitrogens with zero attached hydrogens (tertiary/aromatic N) is 1. The van der Waals surface area contributed by atoms with Gasteiger partial charge in [0.1, 0.15) is 17.4 Å². The van der Waals surface area contributed by atoms with Gasteiger partial charge in [-0.3, -0.25) is 4.79 Å². The highest BCUT2D eigenvalue weighted by Gasteiger charge is 2.10. The zero-order chi connectivity index (χ0) is 18.9. The molecule has 0 heterocycles. The molecule has 0 aliphatic rings. The number of hydrogen-bond donors (Lipinski definition) is 1. The SMILES string of the molecule is C=CCc1cc(/C=C(/C#N)C(=O)Nc2ccc(C)cc2)ccc1OCC. The number of allylic oxidation sites excluding steroid dienone is 1. The molecule has 2 rings (SSSR count). The van der Waals surface area contributed by atoms with Gasteiger partial charge < -0.3 is 10.1 Å². The summed E-state index contributed by atoms with van der Waals surface area (Å²) in [5.41, 5.74) is 3.52. The van der Waals surface area contributed by atoms with Crippen molar-refractivity contribution in [3.05, 3.63) is 77.4 Å². The largest absolute Gasteiger partial charge is 0.494 e. The van der Waals surface area contributed by atoms with Gasteiger partial charge >= 0.3 is 0 Å². The molecule has 0 aliphatic heterocycles. The Hall–Kier alpha value is -3.32. The van der Waals surface area contributed by atoms with Crippen molar-refractivity contribution in [2.75, 3.05) is 11.9 Å². The highest BCUT2D eigenvalue weighted by atomic mass is 16.5. The van der Waals surface area contributed by atoms with Gasteiger partial charge in [-0.15, -0.1) is 6.58 Å². The molecular formula is C22H22N2O2. The molecule has 0 fully saturated rings. The van der Waals surface area contributed by atoms with E-state index in [1.807, 2.05) is 50.2 Å². The van der Waals surface area contributed by atoms with Crippen molar-refractivity contribution in [2.45, 2.75) is 20.3 Å². The summed E-state index contributed by atoms with van der Waals surface area (Å²) in [6, 6.07) is 15.0. The van der Waals surface area contributed by atoms with E-state index in [0.717, 1.165) is 22.4 Å². The average Bonchev–Trinajstić information content (AvgIpc) is 2.64. The summed E-state index contributed by atoms with van der Waals surface area (Å²) >= 11 is 0. The Morgan fingerprint density at radius 1 is 1.27 bits per heavy atom. The molecule has 132 valence electrons. The Kier molecular flexibility index (Phi) is 6.75. The standard InChI is InChI=1S/C22H22N2O2/c1-4-6-18-13-17(9-12-21(18)26-5-2)14-19(15-23)22(25)24-20-10-7-16(3)8-11-20/h4,7-14H,1,5-6H2,2-3H3,(H,24,25)/b19-14-. The molecule has 0 aliphatic carbocycles. The van der Waals surface area contributed by atoms with E-state index in [9.17, 15) is 10.1 Å². The molecule has 0 aromatic heterocycles. The first-order valence-electron chi connectivity index (χ1n) is 8.43. The molecule has 2 aromatic carbocycles. The molecule has 26 heavy (non-hydrogen) atoms. The van der Waals surface area contributed by atoms with Crippen molar-refractivity contribution in [1.29, 1.82) is 5.26 Å². The number of anilines is 1. The number of aryl methyl sites for hydroxylation is 1. The summed E-state index contributed by atoms with van der Waals surface area (Å²) in [4.78, 5) is 12.4. The minimum atomic E-state index is -0.435. The van der Waals surface area contributed by atoms with Crippen LogP contribution in [0, 0.1) is 18.3 Å². The van der Waals surface area contributed by atoms with Gasteiger partial charge in [-0.05, 0) is 61.7 Å². The van der Waals surface area contributed by atoms with Gasteiger partial charge in [0.2, 0.25) is 0 Å². The van der Waals surface area contributed by atoms with E-state index < -0.39 is 5.91 Å². The quantitative estimate of drug-likeness (QED) is 0.450. The minimum absolute atomic E-state index is 0.0410. The fourth-order valence-corrected chi connectivity index (χ4v) is 2.45. The highest BCUT2D eigenvalue weighted by Crippen LogP contribution is 2.23. The smallest absolute Gasteiger partial charge is 0.266 e. The minimum Gasteiger partial charge on any atom is -0.494 e. The van der Waals surface area contributed by atoms with Crippen molar-refractivity contribution < 1.29 is 9.53 Å². The number of carbonyl (C=O) groups excluding carboxylic acids is 1. The van der Waals surface area contributed by atoms with Crippen molar-refractivity contribution in [3.63, 3.8) is 0 Å². The van der Waals surface area contributed by atoms with Crippen LogP contribution in [-0.2, 0) is 11.2 Å². The number of amides is 1. The second kappa shape index (κ2) is 9.24. The Morgan fingerprint density at radius 2 is 2.00 bits per heavy atom. The summed E-state index contributed by atoms with van der Waals surface area (Å²) in [7, 11) is 0. The summed E-state index contributed by atoms with van der Waals surface area (Å²) in [5, 5.41) is 12.1. The number of carbonyl (C=O) groups is 1. The molecule has 1 amide bonds. The fraction of sp³-hybridized carbons (Fsp3) is 0.182. The molecule has 1 N–H and O–H groups in total. The van der Waals surface area contributed by atoms with Gasteiger partial charge in [-0.2, -0.15) is 5.26 Å². The number of hydrogen-bond acceptors (Lipinski definition) is 3. The maximum Gasteiger partial charge on any atom is 0.266 e. The van der Waals surface area contributed by atoms with Gasteiger partial charge in [0.05, 0.1) is 6.61 Å². The molecule has 4 heteroatoms. The maximum atomic E-state index is 12.4. The van der Waals surface area contributed by atoms with Crippen LogP contribution >= 0.6 is 0 Å². The molecule has 0 bridgehead atoms. The monoisotopic (exact) mass is 346 g/mol. The Labute approximate surface area is 154 Å². The van der Waals surface area contributed by atoms with Crippen LogP contribution < -0.4 is 10.1 Å². The van der Waals surface area contributed by atoms with Gasteiger partial charge in [-0.25, -0.2) is 0 Å². The van der Waals surface area contributed by atoms with Gasteiger partial charge in [-0.1, -0.05) is 29.8 Å². The van der Waals surface area contributed by atoms with Crippen LogP contribution in [0.15, 0.2) is 60.7 Å². The molecule has 0 radical (unpaired) electrons. The summed E-state index contributed by atoms with van der Waals surface area (Å²) in [6.45, 7) is 8.23. The third kappa shape index (κ3) is 5.09. The lowest BCUT2D eigenvalue weighted by Gasteiger charge is -2.10. The first kappa shape index (κ1) is 19.0. The van der Waals surface area contributed by atoms with E-state index in [4.69, 9.17) is 4.74 Å². The van der Waals surface area contributed by atoms with Gasteiger partial charge in [0, 0.05) is 5.69 Å². The van der Waals surface area contributed by atoms with E-state index in [-0.39, 0.29) is 5.57 Å². The summed E-state index contributed by atoms with van der Waals surface area (Å²) in [6.07, 6.45) is 4.01. The molecule has 0 unspecified atom stereocenters. The van der Waals surface area contributed by atoms with E-state index in [1.54, 1.807) is 24.3 Å². The van der Waals surface area contributed by atoms with Crippen molar-refractivity contribution in [2.24, 2.45) is 0 Å². The van der Waals surface area contributed by atoms with E-state index in [0.29, 0.717) is 18.7 Å². The second-order valence-electron chi connectivity index (χ2n) is 5.78. The molecule has 2 aromatic rings. The molecule has 4 nitrogen and oxygen atoms in total. The molecule has 0 saturated carbocycles. The average molecular weight is 346 g/mol. The molecule has 0 saturated heterocycles. The predicted octanol–water partition coefficient (Wildman–Crippen LogP) is 4.67. The van der Waals surface area contributed by atoms with Crippen LogP contribution in [0.4, 0.5) is 5.69 Å². The Bertz CT molecular complexity index is 859. The van der Waals surface area contributed by atoms with Crippen LogP contribution in [0.1, 0.15) is 23.6 Å².